The minimum Gasteiger partial charge on any atom is -0.509 e. The number of rotatable bonds is 5. The number of fused-ring (bicyclic) bond motifs is 3. The maximum absolute atomic E-state index is 6.39. The van der Waals surface area contributed by atoms with E-state index in [2.05, 4.69) is 112 Å². The Morgan fingerprint density at radius 1 is 0.674 bits per heavy atom. The summed E-state index contributed by atoms with van der Waals surface area (Å²) in [6, 6.07) is 33.9. The van der Waals surface area contributed by atoms with Crippen molar-refractivity contribution in [3.05, 3.63) is 131 Å². The fraction of sp³-hybridized carbons (Fsp3) is 0.158. The molecule has 0 saturated carbocycles. The van der Waals surface area contributed by atoms with Crippen LogP contribution in [-0.4, -0.2) is 19.3 Å². The van der Waals surface area contributed by atoms with E-state index >= 15 is 0 Å². The molecular formula is C38H32N4OPt3. The van der Waals surface area contributed by atoms with Gasteiger partial charge in [-0.25, -0.2) is 4.98 Å². The van der Waals surface area contributed by atoms with Gasteiger partial charge in [0.25, 0.3) is 0 Å². The standard InChI is InChI=1S/C38H32N4O.3Pt/c1-23-16-17-39-36(20-23)41-34-13-8-7-12-32(34)33-15-14-31(22-35(33)41)43-30-11-9-10-29(21-30)42-28(6)38(27(5)40-42)37-25(3)18-24(2)19-26(37)4;;;/h7-20H,1-6H3;;;/q-2;;;+2. The largest absolute Gasteiger partial charge is 2.00 e. The van der Waals surface area contributed by atoms with Crippen LogP contribution in [0.15, 0.2) is 85.1 Å². The average molecular weight is 1150 g/mol. The molecule has 0 N–H and O–H groups in total. The number of ether oxygens (including phenoxy) is 1. The molecule has 3 aromatic heterocycles. The second-order valence-corrected chi connectivity index (χ2v) is 11.4. The van der Waals surface area contributed by atoms with E-state index in [1.54, 1.807) is 0 Å². The van der Waals surface area contributed by atoms with E-state index in [4.69, 9.17) is 9.84 Å². The summed E-state index contributed by atoms with van der Waals surface area (Å²) in [6.45, 7) is 12.8. The number of pyridine rings is 1. The maximum atomic E-state index is 6.39. The van der Waals surface area contributed by atoms with Crippen molar-refractivity contribution >= 4 is 21.8 Å². The van der Waals surface area contributed by atoms with Crippen LogP contribution >= 0.6 is 0 Å². The molecule has 240 valence electrons. The van der Waals surface area contributed by atoms with Crippen molar-refractivity contribution in [1.82, 2.24) is 19.3 Å². The smallest absolute Gasteiger partial charge is 0.509 e. The Kier molecular flexibility index (Phi) is 11.2. The van der Waals surface area contributed by atoms with Crippen LogP contribution in [-0.2, 0) is 63.2 Å². The summed E-state index contributed by atoms with van der Waals surface area (Å²) in [5.41, 5.74) is 12.2. The molecule has 0 aliphatic heterocycles. The van der Waals surface area contributed by atoms with Gasteiger partial charge in [-0.15, -0.1) is 35.7 Å². The first-order valence-corrected chi connectivity index (χ1v) is 14.5. The zero-order valence-electron chi connectivity index (χ0n) is 26.2. The van der Waals surface area contributed by atoms with Crippen molar-refractivity contribution in [2.45, 2.75) is 41.5 Å². The van der Waals surface area contributed by atoms with E-state index in [0.29, 0.717) is 11.5 Å². The van der Waals surface area contributed by atoms with Gasteiger partial charge in [0.2, 0.25) is 0 Å². The number of hydrogen-bond acceptors (Lipinski definition) is 3. The van der Waals surface area contributed by atoms with Gasteiger partial charge in [-0.3, -0.25) is 4.68 Å². The molecule has 0 fully saturated rings. The molecule has 8 heteroatoms. The predicted octanol–water partition coefficient (Wildman–Crippen LogP) is 9.27. The van der Waals surface area contributed by atoms with E-state index in [1.165, 1.54) is 27.8 Å². The van der Waals surface area contributed by atoms with E-state index in [9.17, 15) is 0 Å². The van der Waals surface area contributed by atoms with Crippen molar-refractivity contribution in [1.29, 1.82) is 0 Å². The molecule has 4 aromatic carbocycles. The third-order valence-corrected chi connectivity index (χ3v) is 8.11. The van der Waals surface area contributed by atoms with Crippen molar-refractivity contribution in [2.24, 2.45) is 0 Å². The van der Waals surface area contributed by atoms with Crippen molar-refractivity contribution < 1.29 is 67.9 Å². The molecule has 0 aliphatic carbocycles. The second kappa shape index (κ2) is 14.3. The Morgan fingerprint density at radius 3 is 2.13 bits per heavy atom. The van der Waals surface area contributed by atoms with E-state index in [0.717, 1.165) is 50.3 Å². The quantitative estimate of drug-likeness (QED) is 0.162. The van der Waals surface area contributed by atoms with Gasteiger partial charge in [-0.1, -0.05) is 41.4 Å². The van der Waals surface area contributed by atoms with Crippen LogP contribution < -0.4 is 4.74 Å². The van der Waals surface area contributed by atoms with Gasteiger partial charge in [0.1, 0.15) is 5.82 Å². The molecule has 0 radical (unpaired) electrons. The zero-order chi connectivity index (χ0) is 29.8. The number of para-hydroxylation sites is 1. The molecule has 0 aliphatic rings. The van der Waals surface area contributed by atoms with Gasteiger partial charge < -0.3 is 9.30 Å². The molecule has 0 saturated heterocycles. The van der Waals surface area contributed by atoms with Gasteiger partial charge in [0, 0.05) is 76.6 Å². The van der Waals surface area contributed by atoms with Crippen molar-refractivity contribution in [3.63, 3.8) is 0 Å². The third-order valence-electron chi connectivity index (χ3n) is 8.11. The van der Waals surface area contributed by atoms with Gasteiger partial charge in [0.05, 0.1) is 5.69 Å². The van der Waals surface area contributed by atoms with E-state index < -0.39 is 0 Å². The Morgan fingerprint density at radius 2 is 1.39 bits per heavy atom. The van der Waals surface area contributed by atoms with Gasteiger partial charge in [-0.2, -0.15) is 17.2 Å². The van der Waals surface area contributed by atoms with Gasteiger partial charge >= 0.3 is 21.1 Å². The maximum Gasteiger partial charge on any atom is 2.00 e. The monoisotopic (exact) mass is 1150 g/mol. The molecule has 0 spiro atoms. The van der Waals surface area contributed by atoms with Gasteiger partial charge in [0.15, 0.2) is 0 Å². The topological polar surface area (TPSA) is 44.9 Å². The first-order valence-electron chi connectivity index (χ1n) is 14.5. The zero-order valence-corrected chi connectivity index (χ0v) is 33.0. The van der Waals surface area contributed by atoms with Crippen LogP contribution in [0.3, 0.4) is 0 Å². The van der Waals surface area contributed by atoms with Gasteiger partial charge in [-0.05, 0) is 93.1 Å². The predicted molar refractivity (Wildman–Crippen MR) is 174 cm³/mol. The molecular weight excluding hydrogens is 1110 g/mol. The van der Waals surface area contributed by atoms with Crippen LogP contribution in [0.5, 0.6) is 11.5 Å². The van der Waals surface area contributed by atoms with Crippen LogP contribution in [0, 0.1) is 53.7 Å². The van der Waals surface area contributed by atoms with Crippen molar-refractivity contribution in [2.75, 3.05) is 0 Å². The summed E-state index contributed by atoms with van der Waals surface area (Å²) in [5, 5.41) is 7.19. The Hall–Kier alpha value is -3.10. The Labute approximate surface area is 313 Å². The number of aromatic nitrogens is 4. The van der Waals surface area contributed by atoms with E-state index in [-0.39, 0.29) is 63.2 Å². The number of nitrogens with zero attached hydrogens (tertiary/aromatic N) is 4. The Balaban J connectivity index is 0.00000160. The van der Waals surface area contributed by atoms with Crippen LogP contribution in [0.1, 0.15) is 33.6 Å². The minimum absolute atomic E-state index is 0. The summed E-state index contributed by atoms with van der Waals surface area (Å²) >= 11 is 0. The fourth-order valence-corrected chi connectivity index (χ4v) is 6.37. The van der Waals surface area contributed by atoms with Crippen LogP contribution in [0.25, 0.3) is 44.4 Å². The number of hydrogen-bond donors (Lipinski definition) is 0. The summed E-state index contributed by atoms with van der Waals surface area (Å²) < 4.78 is 10.5. The SMILES string of the molecule is Cc1ccnc(-n2c3[c-]c(Oc4[c-]c(-n5nc(C)c(-c6c(C)cc(C)cc6C)c5C)ccc4)ccc3c3ccccc32)c1.[Pt+2].[Pt].[Pt]. The average Bonchev–Trinajstić information content (AvgIpc) is 3.46. The molecule has 0 amide bonds. The molecule has 0 unspecified atom stereocenters. The minimum atomic E-state index is 0. The summed E-state index contributed by atoms with van der Waals surface area (Å²) in [4.78, 5) is 4.68. The first kappa shape index (κ1) is 35.8. The second-order valence-electron chi connectivity index (χ2n) is 11.4. The fourth-order valence-electron chi connectivity index (χ4n) is 6.37. The number of aryl methyl sites for hydroxylation is 5. The summed E-state index contributed by atoms with van der Waals surface area (Å²) in [5.74, 6) is 2.06. The first-order chi connectivity index (χ1) is 20.8. The molecule has 7 rings (SSSR count). The molecule has 46 heavy (non-hydrogen) atoms. The molecule has 0 atom stereocenters. The van der Waals surface area contributed by atoms with E-state index in [1.807, 2.05) is 41.2 Å². The van der Waals surface area contributed by atoms with Crippen LogP contribution in [0.2, 0.25) is 0 Å². The van der Waals surface area contributed by atoms with Crippen LogP contribution in [0.4, 0.5) is 0 Å². The third kappa shape index (κ3) is 6.40. The molecule has 0 bridgehead atoms. The Bertz CT molecular complexity index is 2180. The molecule has 5 nitrogen and oxygen atoms in total. The summed E-state index contributed by atoms with van der Waals surface area (Å²) in [7, 11) is 0. The summed E-state index contributed by atoms with van der Waals surface area (Å²) in [6.07, 6.45) is 1.85. The van der Waals surface area contributed by atoms with Crippen molar-refractivity contribution in [3.8, 4) is 34.1 Å². The molecule has 7 aromatic rings. The number of benzene rings is 4. The molecule has 3 heterocycles. The normalized spacial score (nSPS) is 10.7.